The van der Waals surface area contributed by atoms with Crippen molar-refractivity contribution in [1.29, 1.82) is 0 Å². The van der Waals surface area contributed by atoms with E-state index in [1.807, 2.05) is 6.08 Å². The molecule has 0 aliphatic carbocycles. The Morgan fingerprint density at radius 3 is 2.73 bits per heavy atom. The lowest BCUT2D eigenvalue weighted by Crippen LogP contribution is -2.23. The Morgan fingerprint density at radius 2 is 2.36 bits per heavy atom. The van der Waals surface area contributed by atoms with E-state index in [0.29, 0.717) is 5.92 Å². The quantitative estimate of drug-likeness (QED) is 0.552. The van der Waals surface area contributed by atoms with Crippen LogP contribution in [0, 0.1) is 11.3 Å². The van der Waals surface area contributed by atoms with Crippen LogP contribution in [-0.2, 0) is 4.74 Å². The first-order chi connectivity index (χ1) is 5.10. The summed E-state index contributed by atoms with van der Waals surface area (Å²) in [5.74, 6) is 0.458. The van der Waals surface area contributed by atoms with Gasteiger partial charge >= 0.3 is 0 Å². The van der Waals surface area contributed by atoms with E-state index < -0.39 is 0 Å². The van der Waals surface area contributed by atoms with Crippen molar-refractivity contribution < 1.29 is 4.74 Å². The smallest absolute Gasteiger partial charge is 0.0561 e. The average molecular weight is 152 g/mol. The summed E-state index contributed by atoms with van der Waals surface area (Å²) in [6.07, 6.45) is 1.99. The number of hydrogen-bond acceptors (Lipinski definition) is 1. The van der Waals surface area contributed by atoms with E-state index in [1.165, 1.54) is 5.57 Å². The minimum absolute atomic E-state index is 0.117. The zero-order valence-electron chi connectivity index (χ0n) is 7.39. The molecule has 1 rings (SSSR count). The predicted octanol–water partition coefficient (Wildman–Crippen LogP) is 2.40. The molecule has 0 N–H and O–H groups in total. The number of hydrogen-bond donors (Lipinski definition) is 0. The van der Waals surface area contributed by atoms with Gasteiger partial charge in [-0.15, -0.1) is 6.58 Å². The molecule has 0 aromatic heterocycles. The molecule has 0 amide bonds. The molecule has 1 heterocycles. The molecule has 0 radical (unpaired) electrons. The van der Waals surface area contributed by atoms with Crippen molar-refractivity contribution in [3.8, 4) is 0 Å². The summed E-state index contributed by atoms with van der Waals surface area (Å²) in [7, 11) is 0. The third kappa shape index (κ3) is 1.38. The van der Waals surface area contributed by atoms with Gasteiger partial charge in [0.25, 0.3) is 0 Å². The second-order valence-electron chi connectivity index (χ2n) is 3.62. The largest absolute Gasteiger partial charge is 0.380 e. The summed E-state index contributed by atoms with van der Waals surface area (Å²) >= 11 is 0. The average Bonchev–Trinajstić information content (AvgIpc) is 2.32. The summed E-state index contributed by atoms with van der Waals surface area (Å²) < 4.78 is 5.39. The SMILES string of the molecule is C=C[C@@]1(C)COC[C@H]1C(=C)C. The van der Waals surface area contributed by atoms with Crippen molar-refractivity contribution in [1.82, 2.24) is 0 Å². The Hall–Kier alpha value is -0.560. The fourth-order valence-corrected chi connectivity index (χ4v) is 1.59. The van der Waals surface area contributed by atoms with Crippen LogP contribution in [0.4, 0.5) is 0 Å². The Balaban J connectivity index is 2.80. The van der Waals surface area contributed by atoms with Gasteiger partial charge in [-0.1, -0.05) is 25.2 Å². The Labute approximate surface area is 68.8 Å². The van der Waals surface area contributed by atoms with Crippen molar-refractivity contribution in [3.05, 3.63) is 24.8 Å². The maximum atomic E-state index is 5.39. The van der Waals surface area contributed by atoms with Gasteiger partial charge < -0.3 is 4.74 Å². The van der Waals surface area contributed by atoms with Gasteiger partial charge in [0.05, 0.1) is 13.2 Å². The zero-order chi connectivity index (χ0) is 8.48. The summed E-state index contributed by atoms with van der Waals surface area (Å²) in [4.78, 5) is 0. The molecule has 2 atom stereocenters. The lowest BCUT2D eigenvalue weighted by molar-refractivity contribution is 0.174. The van der Waals surface area contributed by atoms with Gasteiger partial charge in [-0.05, 0) is 6.92 Å². The molecule has 1 nitrogen and oxygen atoms in total. The van der Waals surface area contributed by atoms with Crippen LogP contribution in [0.3, 0.4) is 0 Å². The molecular weight excluding hydrogens is 136 g/mol. The standard InChI is InChI=1S/C10H16O/c1-5-10(4)7-11-6-9(10)8(2)3/h5,9H,1-2,6-7H2,3-4H3/t9-,10-/m0/s1. The summed E-state index contributed by atoms with van der Waals surface area (Å²) in [6.45, 7) is 13.6. The highest BCUT2D eigenvalue weighted by Crippen LogP contribution is 2.38. The van der Waals surface area contributed by atoms with Crippen LogP contribution in [-0.4, -0.2) is 13.2 Å². The molecule has 1 fully saturated rings. The van der Waals surface area contributed by atoms with Gasteiger partial charge in [0.1, 0.15) is 0 Å². The van der Waals surface area contributed by atoms with Crippen molar-refractivity contribution in [3.63, 3.8) is 0 Å². The van der Waals surface area contributed by atoms with Crippen molar-refractivity contribution in [2.24, 2.45) is 11.3 Å². The maximum Gasteiger partial charge on any atom is 0.0561 e. The van der Waals surface area contributed by atoms with E-state index in [2.05, 4.69) is 27.0 Å². The maximum absolute atomic E-state index is 5.39. The Bertz CT molecular complexity index is 183. The van der Waals surface area contributed by atoms with Crippen LogP contribution in [0.15, 0.2) is 24.8 Å². The van der Waals surface area contributed by atoms with E-state index in [1.54, 1.807) is 0 Å². The number of ether oxygens (including phenoxy) is 1. The third-order valence-corrected chi connectivity index (χ3v) is 2.55. The monoisotopic (exact) mass is 152 g/mol. The third-order valence-electron chi connectivity index (χ3n) is 2.55. The molecule has 62 valence electrons. The molecule has 0 bridgehead atoms. The normalized spacial score (nSPS) is 37.1. The minimum Gasteiger partial charge on any atom is -0.380 e. The fourth-order valence-electron chi connectivity index (χ4n) is 1.59. The first-order valence-electron chi connectivity index (χ1n) is 3.97. The van der Waals surface area contributed by atoms with Crippen LogP contribution in [0.2, 0.25) is 0 Å². The molecule has 1 saturated heterocycles. The van der Waals surface area contributed by atoms with Crippen molar-refractivity contribution in [2.45, 2.75) is 13.8 Å². The van der Waals surface area contributed by atoms with Gasteiger partial charge in [0, 0.05) is 11.3 Å². The Morgan fingerprint density at radius 1 is 1.73 bits per heavy atom. The first-order valence-corrected chi connectivity index (χ1v) is 3.97. The van der Waals surface area contributed by atoms with Gasteiger partial charge in [-0.25, -0.2) is 0 Å². The molecule has 0 aromatic rings. The molecular formula is C10H16O. The van der Waals surface area contributed by atoms with Crippen molar-refractivity contribution in [2.75, 3.05) is 13.2 Å². The molecule has 1 aliphatic heterocycles. The highest BCUT2D eigenvalue weighted by atomic mass is 16.5. The highest BCUT2D eigenvalue weighted by Gasteiger charge is 2.37. The fraction of sp³-hybridized carbons (Fsp3) is 0.600. The second kappa shape index (κ2) is 2.82. The zero-order valence-corrected chi connectivity index (χ0v) is 7.39. The molecule has 11 heavy (non-hydrogen) atoms. The summed E-state index contributed by atoms with van der Waals surface area (Å²) in [5.41, 5.74) is 1.32. The molecule has 0 unspecified atom stereocenters. The van der Waals surface area contributed by atoms with Crippen LogP contribution >= 0.6 is 0 Å². The van der Waals surface area contributed by atoms with E-state index in [-0.39, 0.29) is 5.41 Å². The van der Waals surface area contributed by atoms with Crippen LogP contribution in [0.25, 0.3) is 0 Å². The lowest BCUT2D eigenvalue weighted by Gasteiger charge is -2.25. The molecule has 0 spiro atoms. The molecule has 0 saturated carbocycles. The molecule has 1 aliphatic rings. The van der Waals surface area contributed by atoms with Crippen LogP contribution in [0.1, 0.15) is 13.8 Å². The van der Waals surface area contributed by atoms with E-state index in [4.69, 9.17) is 4.74 Å². The lowest BCUT2D eigenvalue weighted by atomic mass is 9.77. The van der Waals surface area contributed by atoms with E-state index in [0.717, 1.165) is 13.2 Å². The van der Waals surface area contributed by atoms with Gasteiger partial charge in [0.2, 0.25) is 0 Å². The summed E-state index contributed by atoms with van der Waals surface area (Å²) in [5, 5.41) is 0. The van der Waals surface area contributed by atoms with Gasteiger partial charge in [0.15, 0.2) is 0 Å². The van der Waals surface area contributed by atoms with E-state index >= 15 is 0 Å². The van der Waals surface area contributed by atoms with Crippen LogP contribution in [0.5, 0.6) is 0 Å². The minimum atomic E-state index is 0.117. The second-order valence-corrected chi connectivity index (χ2v) is 3.62. The van der Waals surface area contributed by atoms with Crippen LogP contribution < -0.4 is 0 Å². The predicted molar refractivity (Wildman–Crippen MR) is 47.4 cm³/mol. The highest BCUT2D eigenvalue weighted by molar-refractivity contribution is 5.11. The Kier molecular flexibility index (Phi) is 2.19. The van der Waals surface area contributed by atoms with Crippen molar-refractivity contribution >= 4 is 0 Å². The molecule has 1 heteroatoms. The molecule has 0 aromatic carbocycles. The first kappa shape index (κ1) is 8.54. The summed E-state index contributed by atoms with van der Waals surface area (Å²) in [6, 6.07) is 0. The van der Waals surface area contributed by atoms with Gasteiger partial charge in [-0.2, -0.15) is 0 Å². The number of rotatable bonds is 2. The van der Waals surface area contributed by atoms with Gasteiger partial charge in [-0.3, -0.25) is 0 Å². The van der Waals surface area contributed by atoms with E-state index in [9.17, 15) is 0 Å². The topological polar surface area (TPSA) is 9.23 Å².